The van der Waals surface area contributed by atoms with E-state index >= 15 is 0 Å². The van der Waals surface area contributed by atoms with Gasteiger partial charge in [-0.3, -0.25) is 0 Å². The fraction of sp³-hybridized carbons (Fsp3) is 0.533. The lowest BCUT2D eigenvalue weighted by molar-refractivity contribution is 0.314. The molecule has 6 heteroatoms. The summed E-state index contributed by atoms with van der Waals surface area (Å²) in [5.74, 6) is 2.66. The number of hydrogen-bond donors (Lipinski definition) is 1. The van der Waals surface area contributed by atoms with Crippen LogP contribution in [0.1, 0.15) is 30.1 Å². The highest BCUT2D eigenvalue weighted by molar-refractivity contribution is 5.20. The molecule has 0 saturated carbocycles. The first-order valence-corrected chi connectivity index (χ1v) is 7.34. The quantitative estimate of drug-likeness (QED) is 0.901. The predicted molar refractivity (Wildman–Crippen MR) is 77.2 cm³/mol. The fourth-order valence-electron chi connectivity index (χ4n) is 2.61. The Morgan fingerprint density at radius 3 is 3.10 bits per heavy atom. The van der Waals surface area contributed by atoms with E-state index in [0.29, 0.717) is 24.0 Å². The topological polar surface area (TPSA) is 73.1 Å². The third-order valence-corrected chi connectivity index (χ3v) is 3.74. The van der Waals surface area contributed by atoms with Gasteiger partial charge in [0.15, 0.2) is 5.82 Å². The molecule has 1 N–H and O–H groups in total. The zero-order chi connectivity index (χ0) is 14.5. The van der Waals surface area contributed by atoms with E-state index in [9.17, 15) is 0 Å². The number of hydrogen-bond acceptors (Lipinski definition) is 6. The van der Waals surface area contributed by atoms with Gasteiger partial charge in [-0.2, -0.15) is 4.98 Å². The second-order valence-corrected chi connectivity index (χ2v) is 5.41. The van der Waals surface area contributed by atoms with Crippen molar-refractivity contribution in [3.63, 3.8) is 0 Å². The van der Waals surface area contributed by atoms with Crippen molar-refractivity contribution in [3.05, 3.63) is 35.6 Å². The Morgan fingerprint density at radius 1 is 1.43 bits per heavy atom. The summed E-state index contributed by atoms with van der Waals surface area (Å²) in [6.45, 7) is 2.16. The van der Waals surface area contributed by atoms with Crippen LogP contribution in [0.3, 0.4) is 0 Å². The van der Waals surface area contributed by atoms with Crippen LogP contribution in [-0.2, 0) is 12.8 Å². The van der Waals surface area contributed by atoms with Crippen molar-refractivity contribution in [1.82, 2.24) is 20.4 Å². The lowest BCUT2D eigenvalue weighted by atomic mass is 9.96. The van der Waals surface area contributed by atoms with E-state index in [4.69, 9.17) is 9.26 Å². The van der Waals surface area contributed by atoms with Crippen LogP contribution in [0.4, 0.5) is 0 Å². The average Bonchev–Trinajstić information content (AvgIpc) is 2.96. The van der Waals surface area contributed by atoms with E-state index in [1.54, 1.807) is 13.3 Å². The van der Waals surface area contributed by atoms with Crippen molar-refractivity contribution in [1.29, 1.82) is 0 Å². The van der Waals surface area contributed by atoms with Crippen LogP contribution < -0.4 is 10.1 Å². The Hall–Kier alpha value is -1.95. The van der Waals surface area contributed by atoms with Gasteiger partial charge >= 0.3 is 0 Å². The highest BCUT2D eigenvalue weighted by Crippen LogP contribution is 2.16. The van der Waals surface area contributed by atoms with Gasteiger partial charge < -0.3 is 14.6 Å². The van der Waals surface area contributed by atoms with Gasteiger partial charge in [-0.05, 0) is 37.4 Å². The molecule has 0 bridgehead atoms. The molecule has 1 unspecified atom stereocenters. The Bertz CT molecular complexity index is 561. The Kier molecular flexibility index (Phi) is 4.45. The molecule has 0 aromatic carbocycles. The van der Waals surface area contributed by atoms with Crippen LogP contribution in [0.2, 0.25) is 0 Å². The molecule has 6 nitrogen and oxygen atoms in total. The Morgan fingerprint density at radius 2 is 2.38 bits per heavy atom. The summed E-state index contributed by atoms with van der Waals surface area (Å²) < 4.78 is 10.4. The molecule has 1 saturated heterocycles. The number of ether oxygens (including phenoxy) is 1. The molecule has 21 heavy (non-hydrogen) atoms. The summed E-state index contributed by atoms with van der Waals surface area (Å²) in [4.78, 5) is 8.65. The molecule has 0 spiro atoms. The van der Waals surface area contributed by atoms with Gasteiger partial charge in [0, 0.05) is 25.1 Å². The number of piperidine rings is 1. The Labute approximate surface area is 123 Å². The second-order valence-electron chi connectivity index (χ2n) is 5.41. The van der Waals surface area contributed by atoms with Gasteiger partial charge in [-0.15, -0.1) is 0 Å². The number of rotatable bonds is 5. The summed E-state index contributed by atoms with van der Waals surface area (Å²) in [6, 6.07) is 3.80. The molecule has 1 atom stereocenters. The van der Waals surface area contributed by atoms with Gasteiger partial charge in [-0.25, -0.2) is 4.98 Å². The van der Waals surface area contributed by atoms with Gasteiger partial charge in [0.25, 0.3) is 0 Å². The molecule has 0 aliphatic carbocycles. The van der Waals surface area contributed by atoms with Crippen LogP contribution in [0.25, 0.3) is 0 Å². The van der Waals surface area contributed by atoms with Crippen molar-refractivity contribution in [2.24, 2.45) is 5.92 Å². The Balaban J connectivity index is 1.58. The number of nitrogens with zero attached hydrogens (tertiary/aromatic N) is 3. The van der Waals surface area contributed by atoms with Crippen LogP contribution in [0, 0.1) is 5.92 Å². The van der Waals surface area contributed by atoms with Gasteiger partial charge in [0.2, 0.25) is 11.8 Å². The zero-order valence-corrected chi connectivity index (χ0v) is 12.2. The van der Waals surface area contributed by atoms with E-state index in [2.05, 4.69) is 20.4 Å². The third kappa shape index (κ3) is 3.78. The molecule has 2 aromatic heterocycles. The van der Waals surface area contributed by atoms with E-state index in [0.717, 1.165) is 31.0 Å². The fourth-order valence-corrected chi connectivity index (χ4v) is 2.61. The molecule has 2 aromatic rings. The van der Waals surface area contributed by atoms with E-state index in [1.165, 1.54) is 12.8 Å². The number of nitrogens with one attached hydrogen (secondary N) is 1. The predicted octanol–water partition coefficient (Wildman–Crippen LogP) is 1.61. The largest absolute Gasteiger partial charge is 0.481 e. The molecule has 0 radical (unpaired) electrons. The second kappa shape index (κ2) is 6.67. The van der Waals surface area contributed by atoms with Gasteiger partial charge in [0.05, 0.1) is 7.11 Å². The molecule has 1 fully saturated rings. The molecular formula is C15H20N4O2. The molecule has 0 amide bonds. The minimum Gasteiger partial charge on any atom is -0.481 e. The highest BCUT2D eigenvalue weighted by atomic mass is 16.5. The van der Waals surface area contributed by atoms with Crippen LogP contribution in [0.5, 0.6) is 5.88 Å². The minimum absolute atomic E-state index is 0.606. The smallest absolute Gasteiger partial charge is 0.226 e. The van der Waals surface area contributed by atoms with Crippen molar-refractivity contribution in [3.8, 4) is 5.88 Å². The first-order chi connectivity index (χ1) is 10.3. The van der Waals surface area contributed by atoms with Crippen LogP contribution >= 0.6 is 0 Å². The summed E-state index contributed by atoms with van der Waals surface area (Å²) in [7, 11) is 1.60. The number of aromatic nitrogens is 3. The van der Waals surface area contributed by atoms with Gasteiger partial charge in [0.1, 0.15) is 0 Å². The molecular weight excluding hydrogens is 268 g/mol. The zero-order valence-electron chi connectivity index (χ0n) is 12.2. The molecule has 1 aliphatic heterocycles. The lowest BCUT2D eigenvalue weighted by Crippen LogP contribution is -2.30. The van der Waals surface area contributed by atoms with Crippen LogP contribution in [0.15, 0.2) is 22.9 Å². The average molecular weight is 288 g/mol. The maximum Gasteiger partial charge on any atom is 0.226 e. The lowest BCUT2D eigenvalue weighted by Gasteiger charge is -2.20. The highest BCUT2D eigenvalue weighted by Gasteiger charge is 2.17. The van der Waals surface area contributed by atoms with Crippen molar-refractivity contribution in [2.45, 2.75) is 25.7 Å². The number of methoxy groups -OCH3 is 1. The molecule has 3 rings (SSSR count). The first-order valence-electron chi connectivity index (χ1n) is 7.34. The minimum atomic E-state index is 0.606. The summed E-state index contributed by atoms with van der Waals surface area (Å²) in [5.41, 5.74) is 1.04. The van der Waals surface area contributed by atoms with Crippen molar-refractivity contribution in [2.75, 3.05) is 20.2 Å². The third-order valence-electron chi connectivity index (χ3n) is 3.74. The molecule has 3 heterocycles. The monoisotopic (exact) mass is 288 g/mol. The van der Waals surface area contributed by atoms with E-state index < -0.39 is 0 Å². The molecule has 1 aliphatic rings. The van der Waals surface area contributed by atoms with Crippen molar-refractivity contribution < 1.29 is 9.26 Å². The SMILES string of the molecule is COc1ccc(Cc2noc(CC3CCCNC3)n2)cn1. The summed E-state index contributed by atoms with van der Waals surface area (Å²) in [5, 5.41) is 7.46. The normalized spacial score (nSPS) is 18.6. The maximum atomic E-state index is 5.35. The van der Waals surface area contributed by atoms with Gasteiger partial charge in [-0.1, -0.05) is 11.2 Å². The first kappa shape index (κ1) is 14.0. The van der Waals surface area contributed by atoms with E-state index in [-0.39, 0.29) is 0 Å². The van der Waals surface area contributed by atoms with E-state index in [1.807, 2.05) is 12.1 Å². The van der Waals surface area contributed by atoms with Crippen molar-refractivity contribution >= 4 is 0 Å². The standard InChI is InChI=1S/C15H20N4O2/c1-20-14-5-4-12(10-17-14)7-13-18-15(21-19-13)8-11-3-2-6-16-9-11/h4-5,10-11,16H,2-3,6-9H2,1H3. The summed E-state index contributed by atoms with van der Waals surface area (Å²) >= 11 is 0. The molecule has 112 valence electrons. The summed E-state index contributed by atoms with van der Waals surface area (Å²) in [6.07, 6.45) is 5.72. The van der Waals surface area contributed by atoms with Crippen LogP contribution in [-0.4, -0.2) is 35.3 Å². The maximum absolute atomic E-state index is 5.35. The number of pyridine rings is 1.